The summed E-state index contributed by atoms with van der Waals surface area (Å²) in [6.07, 6.45) is 0. The molecule has 1 aliphatic rings. The van der Waals surface area contributed by atoms with Gasteiger partial charge < -0.3 is 14.8 Å². The molecule has 0 fully saturated rings. The first-order chi connectivity index (χ1) is 18.0. The highest BCUT2D eigenvalue weighted by Gasteiger charge is 2.40. The first-order valence-corrected chi connectivity index (χ1v) is 11.9. The van der Waals surface area contributed by atoms with Crippen molar-refractivity contribution in [3.63, 3.8) is 0 Å². The molecule has 1 N–H and O–H groups in total. The SMILES string of the molecule is CCOc1ccccc1N1C(=O)C(Cl)=C(Nc2ccc(C(=O)Oc3cccc4ccccc34)cc2)C1=O. The Morgan fingerprint density at radius 1 is 0.838 bits per heavy atom. The summed E-state index contributed by atoms with van der Waals surface area (Å²) in [6, 6.07) is 26.2. The monoisotopic (exact) mass is 512 g/mol. The topological polar surface area (TPSA) is 84.9 Å². The van der Waals surface area contributed by atoms with Gasteiger partial charge in [-0.1, -0.05) is 60.1 Å². The van der Waals surface area contributed by atoms with Crippen LogP contribution in [0.15, 0.2) is 102 Å². The zero-order chi connectivity index (χ0) is 25.9. The summed E-state index contributed by atoms with van der Waals surface area (Å²) in [5.41, 5.74) is 1.03. The Kier molecular flexibility index (Phi) is 6.62. The summed E-state index contributed by atoms with van der Waals surface area (Å²) in [5.74, 6) is -0.930. The van der Waals surface area contributed by atoms with Crippen molar-refractivity contribution in [1.82, 2.24) is 0 Å². The molecule has 0 aromatic heterocycles. The van der Waals surface area contributed by atoms with Crippen LogP contribution >= 0.6 is 11.6 Å². The van der Waals surface area contributed by atoms with Crippen LogP contribution in [-0.4, -0.2) is 24.4 Å². The molecule has 4 aromatic rings. The van der Waals surface area contributed by atoms with Gasteiger partial charge in [0.15, 0.2) is 0 Å². The fraction of sp³-hybridized carbons (Fsp3) is 0.0690. The van der Waals surface area contributed by atoms with E-state index in [1.54, 1.807) is 54.6 Å². The lowest BCUT2D eigenvalue weighted by atomic mass is 10.1. The van der Waals surface area contributed by atoms with E-state index in [0.29, 0.717) is 35.0 Å². The van der Waals surface area contributed by atoms with Crippen LogP contribution in [0.1, 0.15) is 17.3 Å². The minimum Gasteiger partial charge on any atom is -0.492 e. The fourth-order valence-electron chi connectivity index (χ4n) is 4.03. The van der Waals surface area contributed by atoms with Crippen molar-refractivity contribution in [3.05, 3.63) is 107 Å². The highest BCUT2D eigenvalue weighted by atomic mass is 35.5. The number of hydrogen-bond acceptors (Lipinski definition) is 6. The summed E-state index contributed by atoms with van der Waals surface area (Å²) in [7, 11) is 0. The van der Waals surface area contributed by atoms with Crippen molar-refractivity contribution in [1.29, 1.82) is 0 Å². The maximum absolute atomic E-state index is 13.1. The molecule has 4 aromatic carbocycles. The fourth-order valence-corrected chi connectivity index (χ4v) is 4.24. The molecule has 0 saturated heterocycles. The van der Waals surface area contributed by atoms with E-state index in [1.807, 2.05) is 43.3 Å². The predicted octanol–water partition coefficient (Wildman–Crippen LogP) is 5.89. The third kappa shape index (κ3) is 4.64. The Morgan fingerprint density at radius 3 is 2.30 bits per heavy atom. The van der Waals surface area contributed by atoms with Crippen LogP contribution in [0.3, 0.4) is 0 Å². The number of anilines is 2. The Morgan fingerprint density at radius 2 is 1.51 bits per heavy atom. The van der Waals surface area contributed by atoms with Gasteiger partial charge in [0.2, 0.25) is 0 Å². The largest absolute Gasteiger partial charge is 0.492 e. The van der Waals surface area contributed by atoms with Crippen molar-refractivity contribution in [2.75, 3.05) is 16.8 Å². The van der Waals surface area contributed by atoms with Gasteiger partial charge in [-0.05, 0) is 54.8 Å². The van der Waals surface area contributed by atoms with Crippen LogP contribution in [-0.2, 0) is 9.59 Å². The molecule has 1 aliphatic heterocycles. The van der Waals surface area contributed by atoms with Crippen molar-refractivity contribution in [2.24, 2.45) is 0 Å². The Bertz CT molecular complexity index is 1560. The van der Waals surface area contributed by atoms with Gasteiger partial charge in [0.05, 0.1) is 17.9 Å². The number of benzene rings is 4. The number of carbonyl (C=O) groups excluding carboxylic acids is 3. The minimum absolute atomic E-state index is 0.0657. The number of esters is 1. The normalized spacial score (nSPS) is 13.3. The minimum atomic E-state index is -0.656. The molecule has 37 heavy (non-hydrogen) atoms. The highest BCUT2D eigenvalue weighted by Crippen LogP contribution is 2.35. The standard InChI is InChI=1S/C29H21ClN2O5/c1-2-36-24-12-6-5-11-22(24)32-27(33)25(30)26(28(32)34)31-20-16-14-19(15-17-20)29(35)37-23-13-7-9-18-8-3-4-10-21(18)23/h3-17,31H,2H2,1H3. The molecule has 0 aliphatic carbocycles. The molecule has 0 radical (unpaired) electrons. The molecule has 0 spiro atoms. The smallest absolute Gasteiger partial charge is 0.343 e. The van der Waals surface area contributed by atoms with Crippen LogP contribution in [0.5, 0.6) is 11.5 Å². The summed E-state index contributed by atoms with van der Waals surface area (Å²) in [4.78, 5) is 39.7. The number of para-hydroxylation sites is 2. The van der Waals surface area contributed by atoms with E-state index in [0.717, 1.165) is 15.7 Å². The molecule has 0 atom stereocenters. The number of halogens is 1. The van der Waals surface area contributed by atoms with Gasteiger partial charge in [0, 0.05) is 11.1 Å². The summed E-state index contributed by atoms with van der Waals surface area (Å²) < 4.78 is 11.2. The van der Waals surface area contributed by atoms with E-state index < -0.39 is 17.8 Å². The maximum atomic E-state index is 13.1. The molecule has 1 heterocycles. The molecule has 184 valence electrons. The molecular formula is C29H21ClN2O5. The molecule has 7 nitrogen and oxygen atoms in total. The number of ether oxygens (including phenoxy) is 2. The Hall–Kier alpha value is -4.62. The lowest BCUT2D eigenvalue weighted by Gasteiger charge is -2.18. The van der Waals surface area contributed by atoms with Gasteiger partial charge in [0.25, 0.3) is 11.8 Å². The Labute approximate surface area is 217 Å². The molecular weight excluding hydrogens is 492 g/mol. The summed E-state index contributed by atoms with van der Waals surface area (Å²) in [5, 5.41) is 4.46. The van der Waals surface area contributed by atoms with Crippen LogP contribution in [0, 0.1) is 0 Å². The van der Waals surface area contributed by atoms with E-state index >= 15 is 0 Å². The molecule has 2 amide bonds. The first kappa shape index (κ1) is 24.1. The third-order valence-electron chi connectivity index (χ3n) is 5.78. The third-order valence-corrected chi connectivity index (χ3v) is 6.13. The van der Waals surface area contributed by atoms with Gasteiger partial charge in [-0.3, -0.25) is 9.59 Å². The number of fused-ring (bicyclic) bond motifs is 1. The van der Waals surface area contributed by atoms with Gasteiger partial charge in [-0.25, -0.2) is 9.69 Å². The lowest BCUT2D eigenvalue weighted by Crippen LogP contribution is -2.32. The van der Waals surface area contributed by atoms with Gasteiger partial charge in [-0.15, -0.1) is 0 Å². The molecule has 0 bridgehead atoms. The van der Waals surface area contributed by atoms with Crippen LogP contribution in [0.4, 0.5) is 11.4 Å². The van der Waals surface area contributed by atoms with Crippen molar-refractivity contribution < 1.29 is 23.9 Å². The van der Waals surface area contributed by atoms with Crippen LogP contribution in [0.25, 0.3) is 10.8 Å². The van der Waals surface area contributed by atoms with Gasteiger partial charge >= 0.3 is 5.97 Å². The second-order valence-electron chi connectivity index (χ2n) is 8.10. The van der Waals surface area contributed by atoms with Crippen molar-refractivity contribution in [2.45, 2.75) is 6.92 Å². The van der Waals surface area contributed by atoms with E-state index in [1.165, 1.54) is 0 Å². The van der Waals surface area contributed by atoms with Crippen LogP contribution in [0.2, 0.25) is 0 Å². The first-order valence-electron chi connectivity index (χ1n) is 11.6. The molecule has 0 unspecified atom stereocenters. The quantitative estimate of drug-likeness (QED) is 0.189. The average molecular weight is 513 g/mol. The van der Waals surface area contributed by atoms with E-state index in [9.17, 15) is 14.4 Å². The van der Waals surface area contributed by atoms with Gasteiger partial charge in [0.1, 0.15) is 22.2 Å². The highest BCUT2D eigenvalue weighted by molar-refractivity contribution is 6.53. The predicted molar refractivity (Wildman–Crippen MR) is 142 cm³/mol. The number of imide groups is 1. The second kappa shape index (κ2) is 10.2. The number of nitrogens with one attached hydrogen (secondary N) is 1. The maximum Gasteiger partial charge on any atom is 0.343 e. The molecule has 0 saturated carbocycles. The van der Waals surface area contributed by atoms with Crippen molar-refractivity contribution >= 4 is 51.5 Å². The lowest BCUT2D eigenvalue weighted by molar-refractivity contribution is -0.120. The zero-order valence-corrected chi connectivity index (χ0v) is 20.5. The molecule has 8 heteroatoms. The zero-order valence-electron chi connectivity index (χ0n) is 19.7. The van der Waals surface area contributed by atoms with E-state index in [2.05, 4.69) is 5.32 Å². The Balaban J connectivity index is 1.32. The average Bonchev–Trinajstić information content (AvgIpc) is 3.12. The second-order valence-corrected chi connectivity index (χ2v) is 8.48. The van der Waals surface area contributed by atoms with Crippen LogP contribution < -0.4 is 19.7 Å². The van der Waals surface area contributed by atoms with E-state index in [-0.39, 0.29) is 10.7 Å². The number of hydrogen-bond donors (Lipinski definition) is 1. The number of amides is 2. The van der Waals surface area contributed by atoms with Gasteiger partial charge in [-0.2, -0.15) is 0 Å². The number of rotatable bonds is 7. The van der Waals surface area contributed by atoms with E-state index in [4.69, 9.17) is 21.1 Å². The molecule has 5 rings (SSSR count). The number of nitrogens with zero attached hydrogens (tertiary/aromatic N) is 1. The summed E-state index contributed by atoms with van der Waals surface area (Å²) >= 11 is 6.26. The van der Waals surface area contributed by atoms with Crippen molar-refractivity contribution in [3.8, 4) is 11.5 Å². The summed E-state index contributed by atoms with van der Waals surface area (Å²) in [6.45, 7) is 2.18. The number of carbonyl (C=O) groups is 3.